The Morgan fingerprint density at radius 1 is 1.08 bits per heavy atom. The predicted molar refractivity (Wildman–Crippen MR) is 103 cm³/mol. The van der Waals surface area contributed by atoms with Gasteiger partial charge in [0.15, 0.2) is 6.10 Å². The fraction of sp³-hybridized carbons (Fsp3) is 0.200. The Bertz CT molecular complexity index is 797. The number of benzene rings is 2. The van der Waals surface area contributed by atoms with Gasteiger partial charge in [0.25, 0.3) is 5.91 Å². The summed E-state index contributed by atoms with van der Waals surface area (Å²) in [7, 11) is 0. The average molecular weight is 402 g/mol. The summed E-state index contributed by atoms with van der Waals surface area (Å²) in [6.07, 6.45) is 2.07. The Morgan fingerprint density at radius 3 is 2.36 bits per heavy atom. The number of hydrogen-bond donors (Lipinski definition) is 1. The molecule has 0 spiro atoms. The highest BCUT2D eigenvalue weighted by Crippen LogP contribution is 2.23. The van der Waals surface area contributed by atoms with Gasteiger partial charge in [-0.1, -0.05) is 35.9 Å². The SMILES string of the molecule is Cc1ccc(/C=C/C(=O)O[C@@H](C)C(=O)Nc2ccc(C)cc2Br)cc1. The van der Waals surface area contributed by atoms with E-state index in [0.29, 0.717) is 5.69 Å². The summed E-state index contributed by atoms with van der Waals surface area (Å²) in [4.78, 5) is 24.0. The molecule has 0 fully saturated rings. The topological polar surface area (TPSA) is 55.4 Å². The third kappa shape index (κ3) is 5.87. The second kappa shape index (κ2) is 8.62. The van der Waals surface area contributed by atoms with E-state index < -0.39 is 12.1 Å². The van der Waals surface area contributed by atoms with Gasteiger partial charge in [0.05, 0.1) is 5.69 Å². The van der Waals surface area contributed by atoms with Gasteiger partial charge in [-0.05, 0) is 66.0 Å². The number of amides is 1. The summed E-state index contributed by atoms with van der Waals surface area (Å²) in [6, 6.07) is 13.3. The van der Waals surface area contributed by atoms with Gasteiger partial charge in [0, 0.05) is 10.5 Å². The van der Waals surface area contributed by atoms with Crippen molar-refractivity contribution in [1.82, 2.24) is 0 Å². The molecule has 0 bridgehead atoms. The zero-order chi connectivity index (χ0) is 18.4. The lowest BCUT2D eigenvalue weighted by Crippen LogP contribution is -2.29. The van der Waals surface area contributed by atoms with E-state index >= 15 is 0 Å². The van der Waals surface area contributed by atoms with Crippen molar-refractivity contribution in [3.05, 3.63) is 69.7 Å². The van der Waals surface area contributed by atoms with E-state index in [0.717, 1.165) is 21.2 Å². The van der Waals surface area contributed by atoms with E-state index in [4.69, 9.17) is 4.74 Å². The van der Waals surface area contributed by atoms with Crippen LogP contribution in [-0.2, 0) is 14.3 Å². The number of carbonyl (C=O) groups excluding carboxylic acids is 2. The number of anilines is 1. The highest BCUT2D eigenvalue weighted by Gasteiger charge is 2.17. The third-order valence-corrected chi connectivity index (χ3v) is 4.19. The summed E-state index contributed by atoms with van der Waals surface area (Å²) in [5, 5.41) is 2.74. The molecule has 1 N–H and O–H groups in total. The summed E-state index contributed by atoms with van der Waals surface area (Å²) < 4.78 is 5.92. The molecule has 0 aliphatic heterocycles. The molecule has 130 valence electrons. The second-order valence-corrected chi connectivity index (χ2v) is 6.65. The number of halogens is 1. The summed E-state index contributed by atoms with van der Waals surface area (Å²) >= 11 is 3.40. The van der Waals surface area contributed by atoms with Crippen LogP contribution in [0, 0.1) is 13.8 Å². The van der Waals surface area contributed by atoms with Gasteiger partial charge in [-0.2, -0.15) is 0 Å². The standard InChI is InChI=1S/C20H20BrNO3/c1-13-4-7-16(8-5-13)9-11-19(23)25-15(3)20(24)22-18-10-6-14(2)12-17(18)21/h4-12,15H,1-3H3,(H,22,24)/b11-9+/t15-/m0/s1. The molecule has 1 atom stereocenters. The van der Waals surface area contributed by atoms with Crippen molar-refractivity contribution in [2.24, 2.45) is 0 Å². The normalized spacial score (nSPS) is 12.0. The Balaban J connectivity index is 1.91. The Labute approximate surface area is 156 Å². The maximum atomic E-state index is 12.2. The lowest BCUT2D eigenvalue weighted by molar-refractivity contribution is -0.148. The molecule has 2 aromatic rings. The molecule has 0 radical (unpaired) electrons. The van der Waals surface area contributed by atoms with Crippen LogP contribution in [0.1, 0.15) is 23.6 Å². The van der Waals surface area contributed by atoms with Crippen molar-refractivity contribution in [1.29, 1.82) is 0 Å². The number of carbonyl (C=O) groups is 2. The molecule has 5 heteroatoms. The first-order valence-corrected chi connectivity index (χ1v) is 8.67. The Morgan fingerprint density at radius 2 is 1.72 bits per heavy atom. The highest BCUT2D eigenvalue weighted by molar-refractivity contribution is 9.10. The van der Waals surface area contributed by atoms with Crippen molar-refractivity contribution in [3.8, 4) is 0 Å². The van der Waals surface area contributed by atoms with Crippen molar-refractivity contribution in [2.45, 2.75) is 26.9 Å². The molecular formula is C20H20BrNO3. The van der Waals surface area contributed by atoms with E-state index in [1.54, 1.807) is 12.1 Å². The van der Waals surface area contributed by atoms with Crippen LogP contribution in [0.5, 0.6) is 0 Å². The lowest BCUT2D eigenvalue weighted by atomic mass is 10.1. The second-order valence-electron chi connectivity index (χ2n) is 5.80. The first-order chi connectivity index (χ1) is 11.8. The average Bonchev–Trinajstić information content (AvgIpc) is 2.56. The molecule has 2 aromatic carbocycles. The minimum atomic E-state index is -0.900. The van der Waals surface area contributed by atoms with E-state index in [-0.39, 0.29) is 5.91 Å². The fourth-order valence-corrected chi connectivity index (χ4v) is 2.66. The molecule has 0 aromatic heterocycles. The minimum absolute atomic E-state index is 0.387. The molecule has 25 heavy (non-hydrogen) atoms. The van der Waals surface area contributed by atoms with Crippen molar-refractivity contribution in [2.75, 3.05) is 5.32 Å². The van der Waals surface area contributed by atoms with Crippen molar-refractivity contribution < 1.29 is 14.3 Å². The minimum Gasteiger partial charge on any atom is -0.449 e. The molecule has 4 nitrogen and oxygen atoms in total. The van der Waals surface area contributed by atoms with Gasteiger partial charge in [-0.3, -0.25) is 4.79 Å². The van der Waals surface area contributed by atoms with Crippen molar-refractivity contribution >= 4 is 39.6 Å². The van der Waals surface area contributed by atoms with Gasteiger partial charge < -0.3 is 10.1 Å². The van der Waals surface area contributed by atoms with Crippen LogP contribution < -0.4 is 5.32 Å². The van der Waals surface area contributed by atoms with Gasteiger partial charge in [0.2, 0.25) is 0 Å². The van der Waals surface area contributed by atoms with Crippen LogP contribution in [-0.4, -0.2) is 18.0 Å². The first kappa shape index (κ1) is 18.9. The number of hydrogen-bond acceptors (Lipinski definition) is 3. The third-order valence-electron chi connectivity index (χ3n) is 3.53. The molecule has 0 aliphatic rings. The smallest absolute Gasteiger partial charge is 0.331 e. The molecule has 2 rings (SSSR count). The first-order valence-electron chi connectivity index (χ1n) is 7.87. The van der Waals surface area contributed by atoms with Gasteiger partial charge in [-0.25, -0.2) is 4.79 Å². The van der Waals surface area contributed by atoms with Crippen LogP contribution in [0.25, 0.3) is 6.08 Å². The maximum absolute atomic E-state index is 12.2. The Kier molecular flexibility index (Phi) is 6.53. The van der Waals surface area contributed by atoms with E-state index in [1.165, 1.54) is 13.0 Å². The van der Waals surface area contributed by atoms with Gasteiger partial charge >= 0.3 is 5.97 Å². The van der Waals surface area contributed by atoms with Gasteiger partial charge in [0.1, 0.15) is 0 Å². The summed E-state index contributed by atoms with van der Waals surface area (Å²) in [6.45, 7) is 5.49. The molecule has 0 saturated carbocycles. The van der Waals surface area contributed by atoms with E-state index in [2.05, 4.69) is 21.2 Å². The zero-order valence-electron chi connectivity index (χ0n) is 14.4. The van der Waals surface area contributed by atoms with E-state index in [9.17, 15) is 9.59 Å². The van der Waals surface area contributed by atoms with Crippen LogP contribution in [0.15, 0.2) is 53.0 Å². The molecule has 0 aliphatic carbocycles. The molecule has 0 heterocycles. The zero-order valence-corrected chi connectivity index (χ0v) is 16.0. The molecule has 1 amide bonds. The quantitative estimate of drug-likeness (QED) is 0.585. The summed E-state index contributed by atoms with van der Waals surface area (Å²) in [5.41, 5.74) is 3.75. The molecule has 0 saturated heterocycles. The van der Waals surface area contributed by atoms with Gasteiger partial charge in [-0.15, -0.1) is 0 Å². The van der Waals surface area contributed by atoms with E-state index in [1.807, 2.05) is 50.2 Å². The van der Waals surface area contributed by atoms with Crippen LogP contribution >= 0.6 is 15.9 Å². The van der Waals surface area contributed by atoms with Crippen LogP contribution in [0.2, 0.25) is 0 Å². The van der Waals surface area contributed by atoms with Crippen molar-refractivity contribution in [3.63, 3.8) is 0 Å². The number of nitrogens with one attached hydrogen (secondary N) is 1. The molecule has 0 unspecified atom stereocenters. The number of esters is 1. The van der Waals surface area contributed by atoms with Crippen LogP contribution in [0.3, 0.4) is 0 Å². The predicted octanol–water partition coefficient (Wildman–Crippen LogP) is 4.65. The largest absolute Gasteiger partial charge is 0.449 e. The maximum Gasteiger partial charge on any atom is 0.331 e. The lowest BCUT2D eigenvalue weighted by Gasteiger charge is -2.13. The summed E-state index contributed by atoms with van der Waals surface area (Å²) in [5.74, 6) is -0.951. The Hall–Kier alpha value is -2.40. The number of aryl methyl sites for hydroxylation is 2. The molecular weight excluding hydrogens is 382 g/mol. The number of ether oxygens (including phenoxy) is 1. The number of rotatable bonds is 5. The highest BCUT2D eigenvalue weighted by atomic mass is 79.9. The van der Waals surface area contributed by atoms with Crippen LogP contribution in [0.4, 0.5) is 5.69 Å². The fourth-order valence-electron chi connectivity index (χ4n) is 2.06. The monoisotopic (exact) mass is 401 g/mol.